The zero-order valence-corrected chi connectivity index (χ0v) is 11.5. The van der Waals surface area contributed by atoms with Crippen LogP contribution in [0.5, 0.6) is 0 Å². The number of carbonyl (C=O) groups is 1. The molecule has 1 aromatic rings. The van der Waals surface area contributed by atoms with Crippen LogP contribution in [0.2, 0.25) is 5.02 Å². The van der Waals surface area contributed by atoms with Gasteiger partial charge in [0.15, 0.2) is 0 Å². The van der Waals surface area contributed by atoms with Gasteiger partial charge in [0, 0.05) is 12.6 Å². The van der Waals surface area contributed by atoms with Crippen LogP contribution in [-0.2, 0) is 0 Å². The summed E-state index contributed by atoms with van der Waals surface area (Å²) in [5.74, 6) is -0.593. The zero-order chi connectivity index (χ0) is 14.5. The van der Waals surface area contributed by atoms with Gasteiger partial charge < -0.3 is 15.7 Å². The van der Waals surface area contributed by atoms with Crippen molar-refractivity contribution in [3.8, 4) is 0 Å². The predicted molar refractivity (Wildman–Crippen MR) is 75.1 cm³/mol. The van der Waals surface area contributed by atoms with E-state index in [0.717, 1.165) is 18.9 Å². The van der Waals surface area contributed by atoms with E-state index in [2.05, 4.69) is 10.6 Å². The lowest BCUT2D eigenvalue weighted by Crippen LogP contribution is -2.42. The molecule has 1 atom stereocenters. The summed E-state index contributed by atoms with van der Waals surface area (Å²) in [5, 5.41) is 15.2. The minimum atomic E-state index is -0.978. The van der Waals surface area contributed by atoms with Gasteiger partial charge in [0.1, 0.15) is 5.82 Å². The van der Waals surface area contributed by atoms with Gasteiger partial charge in [-0.1, -0.05) is 29.8 Å². The molecule has 1 aliphatic carbocycles. The predicted octanol–water partition coefficient (Wildman–Crippen LogP) is 2.53. The molecule has 20 heavy (non-hydrogen) atoms. The summed E-state index contributed by atoms with van der Waals surface area (Å²) in [6.07, 6.45) is 4.68. The summed E-state index contributed by atoms with van der Waals surface area (Å²) >= 11 is 5.57. The van der Waals surface area contributed by atoms with E-state index in [0.29, 0.717) is 5.56 Å². The molecule has 0 heterocycles. The van der Waals surface area contributed by atoms with Gasteiger partial charge in [0.2, 0.25) is 0 Å². The lowest BCUT2D eigenvalue weighted by molar-refractivity contribution is 0.172. The first kappa shape index (κ1) is 14.8. The fourth-order valence-corrected chi connectivity index (χ4v) is 2.12. The first-order valence-corrected chi connectivity index (χ1v) is 6.76. The molecule has 0 aliphatic heterocycles. The standard InChI is InChI=1S/C14H16ClFN2O2/c15-11-6-5-9(7-12(11)16)13(19)8-17-14(20)18-10-3-1-2-4-10/h1-2,5-7,10,13,19H,3-4,8H2,(H2,17,18,20)/t13-/m0/s1. The maximum Gasteiger partial charge on any atom is 0.315 e. The third-order valence-corrected chi connectivity index (χ3v) is 3.43. The molecule has 2 rings (SSSR count). The number of amides is 2. The smallest absolute Gasteiger partial charge is 0.315 e. The van der Waals surface area contributed by atoms with E-state index in [1.165, 1.54) is 12.1 Å². The highest BCUT2D eigenvalue weighted by Gasteiger charge is 2.15. The fraction of sp³-hybridized carbons (Fsp3) is 0.357. The van der Waals surface area contributed by atoms with Gasteiger partial charge >= 0.3 is 6.03 Å². The second-order valence-electron chi connectivity index (χ2n) is 4.68. The number of hydrogen-bond donors (Lipinski definition) is 3. The van der Waals surface area contributed by atoms with E-state index in [9.17, 15) is 14.3 Å². The lowest BCUT2D eigenvalue weighted by atomic mass is 10.1. The number of halogens is 2. The van der Waals surface area contributed by atoms with Crippen LogP contribution >= 0.6 is 11.6 Å². The molecule has 108 valence electrons. The normalized spacial score (nSPS) is 16.1. The van der Waals surface area contributed by atoms with Crippen molar-refractivity contribution in [1.82, 2.24) is 10.6 Å². The fourth-order valence-electron chi connectivity index (χ4n) is 2.00. The van der Waals surface area contributed by atoms with Crippen LogP contribution in [0.1, 0.15) is 24.5 Å². The van der Waals surface area contributed by atoms with E-state index in [1.807, 2.05) is 12.2 Å². The summed E-state index contributed by atoms with van der Waals surface area (Å²) in [6, 6.07) is 3.83. The first-order valence-electron chi connectivity index (χ1n) is 6.38. The third-order valence-electron chi connectivity index (χ3n) is 3.13. The average Bonchev–Trinajstić information content (AvgIpc) is 2.92. The van der Waals surface area contributed by atoms with Crippen molar-refractivity contribution >= 4 is 17.6 Å². The Morgan fingerprint density at radius 1 is 1.45 bits per heavy atom. The monoisotopic (exact) mass is 298 g/mol. The second kappa shape index (κ2) is 6.72. The highest BCUT2D eigenvalue weighted by atomic mass is 35.5. The largest absolute Gasteiger partial charge is 0.387 e. The number of hydrogen-bond acceptors (Lipinski definition) is 2. The van der Waals surface area contributed by atoms with E-state index < -0.39 is 11.9 Å². The van der Waals surface area contributed by atoms with E-state index in [1.54, 1.807) is 0 Å². The van der Waals surface area contributed by atoms with Crippen molar-refractivity contribution in [2.75, 3.05) is 6.54 Å². The molecule has 0 saturated heterocycles. The number of carbonyl (C=O) groups excluding carboxylic acids is 1. The second-order valence-corrected chi connectivity index (χ2v) is 5.09. The summed E-state index contributed by atoms with van der Waals surface area (Å²) in [7, 11) is 0. The molecule has 3 N–H and O–H groups in total. The van der Waals surface area contributed by atoms with Crippen molar-refractivity contribution < 1.29 is 14.3 Å². The molecule has 0 radical (unpaired) electrons. The van der Waals surface area contributed by atoms with Gasteiger partial charge in [0.05, 0.1) is 11.1 Å². The Balaban J connectivity index is 1.80. The average molecular weight is 299 g/mol. The molecular formula is C14H16ClFN2O2. The molecule has 0 unspecified atom stereocenters. The number of benzene rings is 1. The number of aliphatic hydroxyl groups is 1. The van der Waals surface area contributed by atoms with E-state index in [4.69, 9.17) is 11.6 Å². The molecule has 1 aliphatic rings. The molecule has 2 amide bonds. The quantitative estimate of drug-likeness (QED) is 0.748. The Labute approximate surface area is 121 Å². The molecule has 6 heteroatoms. The Hall–Kier alpha value is -1.59. The van der Waals surface area contributed by atoms with Gasteiger partial charge in [-0.15, -0.1) is 0 Å². The molecule has 0 aromatic heterocycles. The summed E-state index contributed by atoms with van der Waals surface area (Å²) < 4.78 is 13.3. The zero-order valence-electron chi connectivity index (χ0n) is 10.8. The third kappa shape index (κ3) is 3.95. The van der Waals surface area contributed by atoms with Crippen molar-refractivity contribution in [2.45, 2.75) is 25.0 Å². The molecular weight excluding hydrogens is 283 g/mol. The van der Waals surface area contributed by atoms with Crippen LogP contribution in [0.3, 0.4) is 0 Å². The maximum atomic E-state index is 13.3. The van der Waals surface area contributed by atoms with Gasteiger partial charge in [-0.25, -0.2) is 9.18 Å². The van der Waals surface area contributed by atoms with Gasteiger partial charge in [-0.05, 0) is 30.5 Å². The van der Waals surface area contributed by atoms with Crippen LogP contribution in [0, 0.1) is 5.82 Å². The maximum absolute atomic E-state index is 13.3. The number of nitrogens with one attached hydrogen (secondary N) is 2. The van der Waals surface area contributed by atoms with Crippen LogP contribution in [-0.4, -0.2) is 23.7 Å². The first-order chi connectivity index (χ1) is 9.56. The van der Waals surface area contributed by atoms with E-state index >= 15 is 0 Å². The number of rotatable bonds is 4. The topological polar surface area (TPSA) is 61.4 Å². The minimum Gasteiger partial charge on any atom is -0.387 e. The lowest BCUT2D eigenvalue weighted by Gasteiger charge is -2.16. The minimum absolute atomic E-state index is 0.000357. The van der Waals surface area contributed by atoms with Gasteiger partial charge in [-0.3, -0.25) is 0 Å². The highest BCUT2D eigenvalue weighted by Crippen LogP contribution is 2.19. The van der Waals surface area contributed by atoms with Crippen LogP contribution in [0.15, 0.2) is 30.4 Å². The van der Waals surface area contributed by atoms with Crippen LogP contribution in [0.4, 0.5) is 9.18 Å². The molecule has 0 fully saturated rings. The molecule has 0 bridgehead atoms. The van der Waals surface area contributed by atoms with Crippen LogP contribution in [0.25, 0.3) is 0 Å². The van der Waals surface area contributed by atoms with Crippen molar-refractivity contribution in [3.63, 3.8) is 0 Å². The highest BCUT2D eigenvalue weighted by molar-refractivity contribution is 6.30. The molecule has 1 aromatic carbocycles. The molecule has 0 spiro atoms. The van der Waals surface area contributed by atoms with Gasteiger partial charge in [0.25, 0.3) is 0 Å². The van der Waals surface area contributed by atoms with Crippen LogP contribution < -0.4 is 10.6 Å². The van der Waals surface area contributed by atoms with Crippen molar-refractivity contribution in [3.05, 3.63) is 46.8 Å². The molecule has 4 nitrogen and oxygen atoms in total. The van der Waals surface area contributed by atoms with E-state index in [-0.39, 0.29) is 23.6 Å². The number of aliphatic hydroxyl groups excluding tert-OH is 1. The molecule has 0 saturated carbocycles. The Bertz CT molecular complexity index is 514. The summed E-state index contributed by atoms with van der Waals surface area (Å²) in [6.45, 7) is 0.00700. The van der Waals surface area contributed by atoms with Crippen molar-refractivity contribution in [2.24, 2.45) is 0 Å². The Kier molecular flexibility index (Phi) is 4.98. The Morgan fingerprint density at radius 2 is 2.15 bits per heavy atom. The summed E-state index contributed by atoms with van der Waals surface area (Å²) in [4.78, 5) is 11.6. The SMILES string of the molecule is O=C(NC[C@H](O)c1ccc(Cl)c(F)c1)NC1CC=CC1. The van der Waals surface area contributed by atoms with Gasteiger partial charge in [-0.2, -0.15) is 0 Å². The summed E-state index contributed by atoms with van der Waals surface area (Å²) in [5.41, 5.74) is 0.370. The van der Waals surface area contributed by atoms with Crippen molar-refractivity contribution in [1.29, 1.82) is 0 Å². The number of urea groups is 1. The Morgan fingerprint density at radius 3 is 2.80 bits per heavy atom.